The summed E-state index contributed by atoms with van der Waals surface area (Å²) >= 11 is 0. The van der Waals surface area contributed by atoms with E-state index in [1.54, 1.807) is 0 Å². The summed E-state index contributed by atoms with van der Waals surface area (Å²) in [4.78, 5) is 2.55. The Bertz CT molecular complexity index is 132. The Morgan fingerprint density at radius 3 is 2.31 bits per heavy atom. The van der Waals surface area contributed by atoms with Gasteiger partial charge < -0.3 is 10.2 Å². The van der Waals surface area contributed by atoms with Crippen LogP contribution < -0.4 is 5.32 Å². The lowest BCUT2D eigenvalue weighted by molar-refractivity contribution is 0.316. The lowest BCUT2D eigenvalue weighted by atomic mass is 9.97. The first-order chi connectivity index (χ1) is 6.08. The van der Waals surface area contributed by atoms with E-state index in [1.165, 1.54) is 32.5 Å². The molecule has 0 radical (unpaired) electrons. The summed E-state index contributed by atoms with van der Waals surface area (Å²) in [7, 11) is 0. The van der Waals surface area contributed by atoms with Crippen LogP contribution in [0.1, 0.15) is 33.6 Å². The molecule has 0 aliphatic carbocycles. The van der Waals surface area contributed by atoms with E-state index in [1.807, 2.05) is 0 Å². The fraction of sp³-hybridized carbons (Fsp3) is 1.00. The van der Waals surface area contributed by atoms with E-state index in [0.29, 0.717) is 5.41 Å². The first-order valence-electron chi connectivity index (χ1n) is 5.51. The summed E-state index contributed by atoms with van der Waals surface area (Å²) in [6.45, 7) is 13.0. The van der Waals surface area contributed by atoms with Gasteiger partial charge in [-0.3, -0.25) is 0 Å². The minimum Gasteiger partial charge on any atom is -0.315 e. The molecule has 13 heavy (non-hydrogen) atoms. The lowest BCUT2D eigenvalue weighted by Crippen LogP contribution is -2.34. The zero-order chi connectivity index (χ0) is 9.73. The van der Waals surface area contributed by atoms with Gasteiger partial charge in [0.15, 0.2) is 0 Å². The third kappa shape index (κ3) is 5.27. The maximum atomic E-state index is 3.51. The molecule has 1 rings (SSSR count). The number of nitrogens with zero attached hydrogens (tertiary/aromatic N) is 1. The molecule has 0 aromatic carbocycles. The van der Waals surface area contributed by atoms with Crippen molar-refractivity contribution in [1.82, 2.24) is 10.2 Å². The molecule has 2 nitrogen and oxygen atoms in total. The molecule has 0 atom stereocenters. The van der Waals surface area contributed by atoms with Crippen LogP contribution >= 0.6 is 0 Å². The van der Waals surface area contributed by atoms with Crippen molar-refractivity contribution in [3.8, 4) is 0 Å². The summed E-state index contributed by atoms with van der Waals surface area (Å²) in [5.41, 5.74) is 0.422. The summed E-state index contributed by atoms with van der Waals surface area (Å²) in [5, 5.41) is 3.51. The lowest BCUT2D eigenvalue weighted by Gasteiger charge is -2.20. The Balaban J connectivity index is 1.94. The molecule has 0 amide bonds. The molecule has 1 heterocycles. The maximum Gasteiger partial charge on any atom is 0.0107 e. The molecule has 0 spiro atoms. The summed E-state index contributed by atoms with van der Waals surface area (Å²) in [5.74, 6) is 0. The predicted octanol–water partition coefficient (Wildman–Crippen LogP) is 1.72. The Kier molecular flexibility index (Phi) is 4.20. The van der Waals surface area contributed by atoms with Gasteiger partial charge in [0.05, 0.1) is 0 Å². The average molecular weight is 184 g/mol. The number of nitrogens with one attached hydrogen (secondary N) is 1. The second-order valence-electron chi connectivity index (χ2n) is 5.29. The van der Waals surface area contributed by atoms with Crippen molar-refractivity contribution in [3.05, 3.63) is 0 Å². The van der Waals surface area contributed by atoms with Gasteiger partial charge in [0.1, 0.15) is 0 Å². The highest BCUT2D eigenvalue weighted by molar-refractivity contribution is 4.69. The van der Waals surface area contributed by atoms with Gasteiger partial charge in [0, 0.05) is 19.6 Å². The molecule has 1 N–H and O–H groups in total. The number of hydrogen-bond acceptors (Lipinski definition) is 2. The molecule has 0 bridgehead atoms. The van der Waals surface area contributed by atoms with Gasteiger partial charge >= 0.3 is 0 Å². The van der Waals surface area contributed by atoms with Gasteiger partial charge in [0.2, 0.25) is 0 Å². The number of rotatable bonds is 4. The quantitative estimate of drug-likeness (QED) is 0.669. The van der Waals surface area contributed by atoms with Gasteiger partial charge in [-0.2, -0.15) is 0 Å². The van der Waals surface area contributed by atoms with Crippen molar-refractivity contribution in [3.63, 3.8) is 0 Å². The zero-order valence-electron chi connectivity index (χ0n) is 9.40. The van der Waals surface area contributed by atoms with Crippen molar-refractivity contribution in [2.45, 2.75) is 33.6 Å². The van der Waals surface area contributed by atoms with E-state index in [9.17, 15) is 0 Å². The molecule has 0 aromatic rings. The molecule has 2 heteroatoms. The number of hydrogen-bond donors (Lipinski definition) is 1. The summed E-state index contributed by atoms with van der Waals surface area (Å²) < 4.78 is 0. The fourth-order valence-electron chi connectivity index (χ4n) is 1.71. The minimum atomic E-state index is 0.422. The van der Waals surface area contributed by atoms with Gasteiger partial charge in [-0.1, -0.05) is 20.8 Å². The smallest absolute Gasteiger partial charge is 0.0107 e. The second-order valence-corrected chi connectivity index (χ2v) is 5.29. The van der Waals surface area contributed by atoms with Crippen LogP contribution in [0.25, 0.3) is 0 Å². The van der Waals surface area contributed by atoms with E-state index in [2.05, 4.69) is 31.0 Å². The molecule has 78 valence electrons. The first kappa shape index (κ1) is 11.0. The Morgan fingerprint density at radius 2 is 1.77 bits per heavy atom. The number of likely N-dealkylation sites (tertiary alicyclic amines) is 1. The average Bonchev–Trinajstić information content (AvgIpc) is 2.48. The van der Waals surface area contributed by atoms with Crippen LogP contribution in [0.4, 0.5) is 0 Å². The standard InChI is InChI=1S/C11H24N2/c1-11(2,3)10-12-6-9-13-7-4-5-8-13/h12H,4-10H2,1-3H3. The highest BCUT2D eigenvalue weighted by atomic mass is 15.1. The molecular weight excluding hydrogens is 160 g/mol. The van der Waals surface area contributed by atoms with Crippen molar-refractivity contribution in [1.29, 1.82) is 0 Å². The zero-order valence-corrected chi connectivity index (χ0v) is 9.40. The second kappa shape index (κ2) is 4.97. The summed E-state index contributed by atoms with van der Waals surface area (Å²) in [6.07, 6.45) is 2.80. The molecule has 0 saturated carbocycles. The van der Waals surface area contributed by atoms with Crippen LogP contribution in [0.5, 0.6) is 0 Å². The van der Waals surface area contributed by atoms with Crippen LogP contribution in [0.3, 0.4) is 0 Å². The highest BCUT2D eigenvalue weighted by Gasteiger charge is 2.12. The molecular formula is C11H24N2. The molecule has 1 fully saturated rings. The van der Waals surface area contributed by atoms with Crippen LogP contribution in [0.2, 0.25) is 0 Å². The van der Waals surface area contributed by atoms with Gasteiger partial charge in [-0.25, -0.2) is 0 Å². The van der Waals surface area contributed by atoms with Crippen LogP contribution in [-0.2, 0) is 0 Å². The van der Waals surface area contributed by atoms with Crippen LogP contribution in [0.15, 0.2) is 0 Å². The van der Waals surface area contributed by atoms with Crippen molar-refractivity contribution < 1.29 is 0 Å². The van der Waals surface area contributed by atoms with Gasteiger partial charge in [0.25, 0.3) is 0 Å². The molecule has 1 aliphatic rings. The SMILES string of the molecule is CC(C)(C)CNCCN1CCCC1. The topological polar surface area (TPSA) is 15.3 Å². The van der Waals surface area contributed by atoms with Crippen molar-refractivity contribution in [2.24, 2.45) is 5.41 Å². The normalized spacial score (nSPS) is 19.6. The maximum absolute atomic E-state index is 3.51. The molecule has 1 saturated heterocycles. The van der Waals surface area contributed by atoms with Crippen molar-refractivity contribution in [2.75, 3.05) is 32.7 Å². The van der Waals surface area contributed by atoms with E-state index in [4.69, 9.17) is 0 Å². The Labute approximate surface area is 82.7 Å². The molecule has 0 aromatic heterocycles. The minimum absolute atomic E-state index is 0.422. The van der Waals surface area contributed by atoms with E-state index in [-0.39, 0.29) is 0 Å². The first-order valence-corrected chi connectivity index (χ1v) is 5.51. The van der Waals surface area contributed by atoms with E-state index >= 15 is 0 Å². The van der Waals surface area contributed by atoms with Gasteiger partial charge in [-0.05, 0) is 31.3 Å². The van der Waals surface area contributed by atoms with E-state index in [0.717, 1.165) is 13.1 Å². The van der Waals surface area contributed by atoms with Gasteiger partial charge in [-0.15, -0.1) is 0 Å². The van der Waals surface area contributed by atoms with Crippen molar-refractivity contribution >= 4 is 0 Å². The van der Waals surface area contributed by atoms with Crippen LogP contribution in [0, 0.1) is 5.41 Å². The summed E-state index contributed by atoms with van der Waals surface area (Å²) in [6, 6.07) is 0. The fourth-order valence-corrected chi connectivity index (χ4v) is 1.71. The molecule has 1 aliphatic heterocycles. The monoisotopic (exact) mass is 184 g/mol. The Hall–Kier alpha value is -0.0800. The molecule has 0 unspecified atom stereocenters. The Morgan fingerprint density at radius 1 is 1.15 bits per heavy atom. The van der Waals surface area contributed by atoms with Crippen LogP contribution in [-0.4, -0.2) is 37.6 Å². The van der Waals surface area contributed by atoms with E-state index < -0.39 is 0 Å². The third-order valence-electron chi connectivity index (χ3n) is 2.46. The largest absolute Gasteiger partial charge is 0.315 e. The highest BCUT2D eigenvalue weighted by Crippen LogP contribution is 2.10. The third-order valence-corrected chi connectivity index (χ3v) is 2.46. The predicted molar refractivity (Wildman–Crippen MR) is 58.0 cm³/mol.